The lowest BCUT2D eigenvalue weighted by atomic mass is 9.83. The summed E-state index contributed by atoms with van der Waals surface area (Å²) in [5, 5.41) is 9.61. The monoisotopic (exact) mass is 501 g/mol. The number of carbonyl (C=O) groups excluding carboxylic acids is 1. The van der Waals surface area contributed by atoms with Crippen molar-refractivity contribution in [2.45, 2.75) is 69.3 Å². The molecule has 33 heavy (non-hydrogen) atoms. The molecule has 2 aliphatic rings. The molecule has 1 fully saturated rings. The van der Waals surface area contributed by atoms with Gasteiger partial charge in [0.25, 0.3) is 0 Å². The number of carboxylic acid groups (broad SMARTS) is 1. The molecule has 0 unspecified atom stereocenters. The normalized spacial score (nSPS) is 22.3. The van der Waals surface area contributed by atoms with E-state index in [-0.39, 0.29) is 22.7 Å². The average molecular weight is 502 g/mol. The number of sulfone groups is 1. The summed E-state index contributed by atoms with van der Waals surface area (Å²) in [6.07, 6.45) is -0.439. The number of hydrogen-bond donors (Lipinski definition) is 1. The second-order valence-corrected chi connectivity index (χ2v) is 16.9. The van der Waals surface area contributed by atoms with Gasteiger partial charge in [-0.05, 0) is 49.2 Å². The smallest absolute Gasteiger partial charge is 0.352 e. The minimum Gasteiger partial charge on any atom is -0.477 e. The molecule has 2 aliphatic heterocycles. The van der Waals surface area contributed by atoms with Crippen molar-refractivity contribution >= 4 is 30.0 Å². The Morgan fingerprint density at radius 1 is 1.30 bits per heavy atom. The van der Waals surface area contributed by atoms with E-state index in [9.17, 15) is 31.9 Å². The second kappa shape index (κ2) is 8.28. The van der Waals surface area contributed by atoms with Crippen molar-refractivity contribution in [2.24, 2.45) is 5.92 Å². The highest BCUT2D eigenvalue weighted by molar-refractivity contribution is 7.91. The molecule has 1 saturated heterocycles. The average Bonchev–Trinajstić information content (AvgIpc) is 2.93. The number of hydrogen-bond acceptors (Lipinski definition) is 5. The van der Waals surface area contributed by atoms with Crippen molar-refractivity contribution in [1.82, 2.24) is 4.90 Å². The predicted octanol–water partition coefficient (Wildman–Crippen LogP) is 3.72. The van der Waals surface area contributed by atoms with Crippen molar-refractivity contribution < 1.29 is 36.3 Å². The van der Waals surface area contributed by atoms with Crippen LogP contribution in [0.15, 0.2) is 34.4 Å². The summed E-state index contributed by atoms with van der Waals surface area (Å²) >= 11 is 0. The van der Waals surface area contributed by atoms with Crippen LogP contribution in [0.4, 0.5) is 8.78 Å². The molecule has 7 nitrogen and oxygen atoms in total. The molecule has 0 aromatic heterocycles. The van der Waals surface area contributed by atoms with Crippen LogP contribution >= 0.6 is 0 Å². The zero-order valence-electron chi connectivity index (χ0n) is 19.5. The molecule has 0 spiro atoms. The zero-order valence-corrected chi connectivity index (χ0v) is 21.3. The summed E-state index contributed by atoms with van der Waals surface area (Å²) in [4.78, 5) is 25.2. The third-order valence-corrected chi connectivity index (χ3v) is 13.2. The van der Waals surface area contributed by atoms with E-state index >= 15 is 0 Å². The van der Waals surface area contributed by atoms with Crippen molar-refractivity contribution in [3.05, 3.63) is 41.1 Å². The van der Waals surface area contributed by atoms with Crippen LogP contribution in [-0.4, -0.2) is 56.5 Å². The molecule has 3 atom stereocenters. The van der Waals surface area contributed by atoms with Crippen LogP contribution in [-0.2, 0) is 23.9 Å². The second-order valence-electron chi connectivity index (χ2n) is 10.2. The number of carboxylic acids is 1. The summed E-state index contributed by atoms with van der Waals surface area (Å²) < 4.78 is 59.2. The molecule has 2 heterocycles. The number of carbonyl (C=O) groups is 2. The maximum Gasteiger partial charge on any atom is 0.352 e. The highest BCUT2D eigenvalue weighted by Crippen LogP contribution is 2.47. The van der Waals surface area contributed by atoms with E-state index in [0.29, 0.717) is 6.07 Å². The molecule has 0 aliphatic carbocycles. The lowest BCUT2D eigenvalue weighted by Gasteiger charge is -2.48. The van der Waals surface area contributed by atoms with Crippen molar-refractivity contribution in [2.75, 3.05) is 5.75 Å². The fourth-order valence-electron chi connectivity index (χ4n) is 4.23. The van der Waals surface area contributed by atoms with Gasteiger partial charge in [0.2, 0.25) is 5.91 Å². The number of aliphatic carboxylic acids is 1. The zero-order chi connectivity index (χ0) is 25.1. The molecule has 3 rings (SSSR count). The van der Waals surface area contributed by atoms with Crippen LogP contribution in [0, 0.1) is 17.6 Å². The van der Waals surface area contributed by atoms with Crippen molar-refractivity contribution in [3.8, 4) is 0 Å². The van der Waals surface area contributed by atoms with Gasteiger partial charge in [-0.2, -0.15) is 0 Å². The van der Waals surface area contributed by atoms with Gasteiger partial charge in [0, 0.05) is 6.07 Å². The number of β-lactam (4-membered cyclic amide) rings is 1. The van der Waals surface area contributed by atoms with Gasteiger partial charge in [0.15, 0.2) is 18.2 Å². The van der Waals surface area contributed by atoms with Crippen LogP contribution in [0.25, 0.3) is 0 Å². The lowest BCUT2D eigenvalue weighted by Crippen LogP contribution is -2.63. The van der Waals surface area contributed by atoms with E-state index in [1.807, 2.05) is 0 Å². The van der Waals surface area contributed by atoms with Crippen LogP contribution < -0.4 is 0 Å². The third kappa shape index (κ3) is 4.50. The van der Waals surface area contributed by atoms with Gasteiger partial charge in [-0.25, -0.2) is 22.0 Å². The number of amides is 1. The molecule has 11 heteroatoms. The van der Waals surface area contributed by atoms with E-state index in [2.05, 4.69) is 33.9 Å². The Labute approximate surface area is 193 Å². The molecule has 1 N–H and O–H groups in total. The maximum atomic E-state index is 14.1. The third-order valence-electron chi connectivity index (χ3n) is 6.89. The number of benzene rings is 1. The van der Waals surface area contributed by atoms with E-state index in [4.69, 9.17) is 4.43 Å². The Bertz CT molecular complexity index is 1140. The van der Waals surface area contributed by atoms with E-state index in [1.165, 1.54) is 0 Å². The minimum atomic E-state index is -4.31. The number of halogens is 2. The first-order chi connectivity index (χ1) is 15.0. The first kappa shape index (κ1) is 25.5. The Hall–Kier alpha value is -2.11. The number of fused-ring (bicyclic) bond motifs is 1. The van der Waals surface area contributed by atoms with Gasteiger partial charge in [0.1, 0.15) is 22.2 Å². The number of nitrogens with zero attached hydrogens (tertiary/aromatic N) is 1. The quantitative estimate of drug-likeness (QED) is 0.347. The first-order valence-corrected chi connectivity index (χ1v) is 15.2. The predicted molar refractivity (Wildman–Crippen MR) is 120 cm³/mol. The molecule has 1 aromatic carbocycles. The first-order valence-electron chi connectivity index (χ1n) is 10.6. The van der Waals surface area contributed by atoms with E-state index < -0.39 is 70.4 Å². The molecular weight excluding hydrogens is 472 g/mol. The Kier molecular flexibility index (Phi) is 6.40. The summed E-state index contributed by atoms with van der Waals surface area (Å²) in [6, 6.07) is 1.56. The van der Waals surface area contributed by atoms with Crippen LogP contribution in [0.3, 0.4) is 0 Å². The largest absolute Gasteiger partial charge is 0.477 e. The summed E-state index contributed by atoms with van der Waals surface area (Å²) in [6.45, 7) is 12.1. The van der Waals surface area contributed by atoms with Gasteiger partial charge in [0.05, 0.1) is 23.8 Å². The Morgan fingerprint density at radius 3 is 2.42 bits per heavy atom. The van der Waals surface area contributed by atoms with Gasteiger partial charge < -0.3 is 14.4 Å². The Morgan fingerprint density at radius 2 is 1.91 bits per heavy atom. The molecular formula is C22H29F2NO6SSi. The molecule has 1 amide bonds. The highest BCUT2D eigenvalue weighted by atomic mass is 32.2. The Balaban J connectivity index is 1.87. The molecule has 0 bridgehead atoms. The summed E-state index contributed by atoms with van der Waals surface area (Å²) in [5.41, 5.74) is -0.363. The van der Waals surface area contributed by atoms with E-state index in [0.717, 1.165) is 17.0 Å². The fraction of sp³-hybridized carbons (Fsp3) is 0.545. The molecule has 0 radical (unpaired) electrons. The van der Waals surface area contributed by atoms with Crippen LogP contribution in [0.5, 0.6) is 0 Å². The SMILES string of the molecule is C[C@@H](O[Si](C)(C)C(C)(C)C)[C@@H]1C(=O)N2C(C(=O)O)=C(CS(=O)(=O)c3ccc(F)cc3F)C[C@H]12. The minimum absolute atomic E-state index is 0.0200. The molecule has 0 saturated carbocycles. The lowest BCUT2D eigenvalue weighted by molar-refractivity contribution is -0.160. The maximum absolute atomic E-state index is 14.1. The van der Waals surface area contributed by atoms with Crippen LogP contribution in [0.1, 0.15) is 34.1 Å². The fourth-order valence-corrected chi connectivity index (χ4v) is 7.16. The summed E-state index contributed by atoms with van der Waals surface area (Å²) in [5.74, 6) is -5.40. The van der Waals surface area contributed by atoms with Gasteiger partial charge in [-0.3, -0.25) is 4.79 Å². The summed E-state index contributed by atoms with van der Waals surface area (Å²) in [7, 11) is -6.51. The van der Waals surface area contributed by atoms with Crippen molar-refractivity contribution in [1.29, 1.82) is 0 Å². The van der Waals surface area contributed by atoms with Gasteiger partial charge in [-0.1, -0.05) is 20.8 Å². The standard InChI is InChI=1S/C22H29F2NO6SSi/c1-12(31-33(5,6)22(2,3)4)18-16-9-13(19(21(27)28)25(16)20(18)26)11-32(29,30)17-8-7-14(23)10-15(17)24/h7-8,10,12,16,18H,9,11H2,1-6H3,(H,27,28)/t12-,16-,18+/m1/s1. The van der Waals surface area contributed by atoms with Gasteiger partial charge in [-0.15, -0.1) is 0 Å². The van der Waals surface area contributed by atoms with E-state index in [1.54, 1.807) is 6.92 Å². The van der Waals surface area contributed by atoms with Gasteiger partial charge >= 0.3 is 5.97 Å². The molecule has 1 aromatic rings. The topological polar surface area (TPSA) is 101 Å². The molecule has 182 valence electrons. The van der Waals surface area contributed by atoms with Crippen LogP contribution in [0.2, 0.25) is 18.1 Å². The number of rotatable bonds is 7. The van der Waals surface area contributed by atoms with Crippen molar-refractivity contribution in [3.63, 3.8) is 0 Å². The highest BCUT2D eigenvalue weighted by Gasteiger charge is 2.58.